The number of furan rings is 1. The van der Waals surface area contributed by atoms with E-state index in [1.54, 1.807) is 12.1 Å². The Bertz CT molecular complexity index is 812. The summed E-state index contributed by atoms with van der Waals surface area (Å²) in [5.74, 6) is -1.07. The van der Waals surface area contributed by atoms with Crippen molar-refractivity contribution in [2.75, 3.05) is 13.7 Å². The molecule has 0 bridgehead atoms. The molecule has 0 radical (unpaired) electrons. The lowest BCUT2D eigenvalue weighted by molar-refractivity contribution is 0.0714. The fourth-order valence-electron chi connectivity index (χ4n) is 2.46. The van der Waals surface area contributed by atoms with Crippen molar-refractivity contribution in [3.8, 4) is 5.75 Å². The van der Waals surface area contributed by atoms with E-state index in [-0.39, 0.29) is 17.9 Å². The minimum absolute atomic E-state index is 0.0602. The standard InChI is InChI=1S/C18H16FNO4S/c1-23-15-5-4-12(9-14(15)19)17(21)20-11-18(22,13-6-7-24-10-13)16-3-2-8-25-16/h2-10,22H,11H2,1H3,(H,20,21). The number of ether oxygens (including phenoxy) is 1. The highest BCUT2D eigenvalue weighted by Gasteiger charge is 2.34. The van der Waals surface area contributed by atoms with Gasteiger partial charge in [0, 0.05) is 16.0 Å². The number of methoxy groups -OCH3 is 1. The molecule has 2 N–H and O–H groups in total. The van der Waals surface area contributed by atoms with Crippen LogP contribution in [0.4, 0.5) is 4.39 Å². The summed E-state index contributed by atoms with van der Waals surface area (Å²) < 4.78 is 23.7. The van der Waals surface area contributed by atoms with E-state index in [0.717, 1.165) is 6.07 Å². The zero-order chi connectivity index (χ0) is 17.9. The molecule has 0 spiro atoms. The maximum absolute atomic E-state index is 13.8. The molecule has 1 aromatic carbocycles. The number of halogens is 1. The first-order valence-electron chi connectivity index (χ1n) is 7.45. The molecule has 3 rings (SSSR count). The molecule has 0 aliphatic carbocycles. The Morgan fingerprint density at radius 2 is 2.24 bits per heavy atom. The van der Waals surface area contributed by atoms with Crippen molar-refractivity contribution >= 4 is 17.2 Å². The highest BCUT2D eigenvalue weighted by atomic mass is 32.1. The summed E-state index contributed by atoms with van der Waals surface area (Å²) in [6.45, 7) is -0.0838. The second-order valence-electron chi connectivity index (χ2n) is 5.38. The molecule has 2 aromatic heterocycles. The zero-order valence-electron chi connectivity index (χ0n) is 13.4. The SMILES string of the molecule is COc1ccc(C(=O)NCC(O)(c2ccoc2)c2cccs2)cc1F. The second kappa shape index (κ2) is 7.08. The number of hydrogen-bond donors (Lipinski definition) is 2. The number of hydrogen-bond acceptors (Lipinski definition) is 5. The summed E-state index contributed by atoms with van der Waals surface area (Å²) in [5.41, 5.74) is -0.767. The van der Waals surface area contributed by atoms with Crippen LogP contribution in [0.1, 0.15) is 20.8 Å². The van der Waals surface area contributed by atoms with Gasteiger partial charge in [-0.15, -0.1) is 11.3 Å². The van der Waals surface area contributed by atoms with Gasteiger partial charge in [-0.1, -0.05) is 6.07 Å². The highest BCUT2D eigenvalue weighted by Crippen LogP contribution is 2.32. The van der Waals surface area contributed by atoms with Gasteiger partial charge in [0.1, 0.15) is 5.60 Å². The van der Waals surface area contributed by atoms with Crippen LogP contribution in [0.5, 0.6) is 5.75 Å². The van der Waals surface area contributed by atoms with Crippen molar-refractivity contribution in [3.63, 3.8) is 0 Å². The van der Waals surface area contributed by atoms with Gasteiger partial charge >= 0.3 is 0 Å². The number of amides is 1. The zero-order valence-corrected chi connectivity index (χ0v) is 14.2. The van der Waals surface area contributed by atoms with Crippen molar-refractivity contribution in [2.24, 2.45) is 0 Å². The van der Waals surface area contributed by atoms with Gasteiger partial charge in [-0.3, -0.25) is 4.79 Å². The molecule has 0 fully saturated rings. The molecule has 130 valence electrons. The summed E-state index contributed by atoms with van der Waals surface area (Å²) in [6.07, 6.45) is 2.88. The van der Waals surface area contributed by atoms with Gasteiger partial charge < -0.3 is 19.6 Å². The average Bonchev–Trinajstić information content (AvgIpc) is 3.33. The van der Waals surface area contributed by atoms with Crippen LogP contribution in [0.15, 0.2) is 58.7 Å². The number of thiophene rings is 1. The van der Waals surface area contributed by atoms with Gasteiger partial charge in [-0.05, 0) is 35.7 Å². The predicted molar refractivity (Wildman–Crippen MR) is 91.3 cm³/mol. The topological polar surface area (TPSA) is 71.7 Å². The van der Waals surface area contributed by atoms with E-state index in [9.17, 15) is 14.3 Å². The first-order valence-corrected chi connectivity index (χ1v) is 8.33. The maximum atomic E-state index is 13.8. The lowest BCUT2D eigenvalue weighted by Crippen LogP contribution is -2.41. The molecule has 1 unspecified atom stereocenters. The van der Waals surface area contributed by atoms with Crippen LogP contribution in [0, 0.1) is 5.82 Å². The van der Waals surface area contributed by atoms with Gasteiger partial charge in [0.15, 0.2) is 11.6 Å². The number of carbonyl (C=O) groups excluding carboxylic acids is 1. The summed E-state index contributed by atoms with van der Waals surface area (Å²) in [6, 6.07) is 9.16. The summed E-state index contributed by atoms with van der Waals surface area (Å²) in [7, 11) is 1.35. The van der Waals surface area contributed by atoms with E-state index < -0.39 is 17.3 Å². The molecule has 0 aliphatic rings. The molecule has 0 saturated heterocycles. The van der Waals surface area contributed by atoms with Crippen molar-refractivity contribution in [3.05, 3.63) is 76.1 Å². The highest BCUT2D eigenvalue weighted by molar-refractivity contribution is 7.10. The van der Waals surface area contributed by atoms with Gasteiger partial charge in [-0.2, -0.15) is 0 Å². The molecule has 0 aliphatic heterocycles. The summed E-state index contributed by atoms with van der Waals surface area (Å²) in [4.78, 5) is 13.0. The Labute approximate surface area is 147 Å². The minimum atomic E-state index is -1.43. The molecule has 5 nitrogen and oxygen atoms in total. The predicted octanol–water partition coefficient (Wildman–Crippen LogP) is 3.15. The average molecular weight is 361 g/mol. The van der Waals surface area contributed by atoms with Crippen LogP contribution < -0.4 is 10.1 Å². The lowest BCUT2D eigenvalue weighted by atomic mass is 9.94. The third kappa shape index (κ3) is 3.42. The molecule has 3 aromatic rings. The van der Waals surface area contributed by atoms with Gasteiger partial charge in [-0.25, -0.2) is 4.39 Å². The maximum Gasteiger partial charge on any atom is 0.251 e. The number of nitrogens with one attached hydrogen (secondary N) is 1. The van der Waals surface area contributed by atoms with Crippen LogP contribution in [-0.2, 0) is 5.60 Å². The molecule has 2 heterocycles. The van der Waals surface area contributed by atoms with Crippen LogP contribution in [0.2, 0.25) is 0 Å². The third-order valence-corrected chi connectivity index (χ3v) is 4.87. The molecular weight excluding hydrogens is 345 g/mol. The van der Waals surface area contributed by atoms with E-state index in [2.05, 4.69) is 5.32 Å². The quantitative estimate of drug-likeness (QED) is 0.707. The lowest BCUT2D eigenvalue weighted by Gasteiger charge is -2.26. The Morgan fingerprint density at radius 1 is 1.40 bits per heavy atom. The minimum Gasteiger partial charge on any atom is -0.494 e. The van der Waals surface area contributed by atoms with Crippen LogP contribution in [0.25, 0.3) is 0 Å². The Hall–Kier alpha value is -2.64. The van der Waals surface area contributed by atoms with E-state index in [0.29, 0.717) is 10.4 Å². The first kappa shape index (κ1) is 17.2. The van der Waals surface area contributed by atoms with Crippen LogP contribution in [-0.4, -0.2) is 24.7 Å². The molecule has 1 amide bonds. The Kier molecular flexibility index (Phi) is 4.87. The second-order valence-corrected chi connectivity index (χ2v) is 6.33. The Balaban J connectivity index is 1.80. The van der Waals surface area contributed by atoms with E-state index in [1.807, 2.05) is 11.4 Å². The van der Waals surface area contributed by atoms with Crippen LogP contribution in [0.3, 0.4) is 0 Å². The summed E-state index contributed by atoms with van der Waals surface area (Å²) >= 11 is 1.36. The van der Waals surface area contributed by atoms with Crippen molar-refractivity contribution in [1.82, 2.24) is 5.32 Å². The van der Waals surface area contributed by atoms with Gasteiger partial charge in [0.05, 0.1) is 26.2 Å². The molecule has 1 atom stereocenters. The van der Waals surface area contributed by atoms with E-state index >= 15 is 0 Å². The van der Waals surface area contributed by atoms with Crippen molar-refractivity contribution in [1.29, 1.82) is 0 Å². The van der Waals surface area contributed by atoms with Crippen LogP contribution >= 0.6 is 11.3 Å². The van der Waals surface area contributed by atoms with Gasteiger partial charge in [0.2, 0.25) is 0 Å². The van der Waals surface area contributed by atoms with E-state index in [1.165, 1.54) is 43.1 Å². The number of carbonyl (C=O) groups is 1. The normalized spacial score (nSPS) is 13.2. The van der Waals surface area contributed by atoms with Crippen molar-refractivity contribution in [2.45, 2.75) is 5.60 Å². The molecule has 25 heavy (non-hydrogen) atoms. The third-order valence-electron chi connectivity index (χ3n) is 3.85. The first-order chi connectivity index (χ1) is 12.0. The number of aliphatic hydroxyl groups is 1. The summed E-state index contributed by atoms with van der Waals surface area (Å²) in [5, 5.41) is 15.6. The fraction of sp³-hybridized carbons (Fsp3) is 0.167. The number of benzene rings is 1. The van der Waals surface area contributed by atoms with Gasteiger partial charge in [0.25, 0.3) is 5.91 Å². The molecule has 7 heteroatoms. The van der Waals surface area contributed by atoms with E-state index in [4.69, 9.17) is 9.15 Å². The molecule has 0 saturated carbocycles. The molecular formula is C18H16FNO4S. The smallest absolute Gasteiger partial charge is 0.251 e. The largest absolute Gasteiger partial charge is 0.494 e. The monoisotopic (exact) mass is 361 g/mol. The van der Waals surface area contributed by atoms with Crippen molar-refractivity contribution < 1.29 is 23.4 Å². The number of rotatable bonds is 6. The fourth-order valence-corrected chi connectivity index (χ4v) is 3.31. The Morgan fingerprint density at radius 3 is 2.84 bits per heavy atom.